The van der Waals surface area contributed by atoms with E-state index in [1.165, 1.54) is 0 Å². The highest BCUT2D eigenvalue weighted by Crippen LogP contribution is 2.16. The van der Waals surface area contributed by atoms with E-state index in [-0.39, 0.29) is 18.4 Å². The first-order valence-electron chi connectivity index (χ1n) is 5.72. The van der Waals surface area contributed by atoms with Gasteiger partial charge in [-0.05, 0) is 24.3 Å². The molecule has 1 rings (SSSR count). The molecular weight excluding hydrogens is 254 g/mol. The lowest BCUT2D eigenvalue weighted by molar-refractivity contribution is 0.153. The maximum Gasteiger partial charge on any atom is 0.178 e. The van der Waals surface area contributed by atoms with Gasteiger partial charge in [0.25, 0.3) is 0 Å². The van der Waals surface area contributed by atoms with Crippen molar-refractivity contribution in [2.24, 2.45) is 0 Å². The first kappa shape index (κ1) is 14.9. The Kier molecular flexibility index (Phi) is 5.58. The maximum absolute atomic E-state index is 11.6. The zero-order valence-electron chi connectivity index (χ0n) is 10.6. The number of aliphatic hydroxyl groups is 1. The summed E-state index contributed by atoms with van der Waals surface area (Å²) >= 11 is 0. The quantitative estimate of drug-likeness (QED) is 0.772. The predicted molar refractivity (Wildman–Crippen MR) is 70.5 cm³/mol. The van der Waals surface area contributed by atoms with Crippen LogP contribution in [-0.4, -0.2) is 45.6 Å². The molecule has 0 fully saturated rings. The second-order valence-electron chi connectivity index (χ2n) is 3.91. The lowest BCUT2D eigenvalue weighted by atomic mass is 10.2. The van der Waals surface area contributed by atoms with Crippen molar-refractivity contribution >= 4 is 15.5 Å². The van der Waals surface area contributed by atoms with Crippen molar-refractivity contribution in [3.8, 4) is 0 Å². The highest BCUT2D eigenvalue weighted by Gasteiger charge is 2.11. The van der Waals surface area contributed by atoms with E-state index in [1.807, 2.05) is 0 Å². The second-order valence-corrected chi connectivity index (χ2v) is 6.19. The van der Waals surface area contributed by atoms with Gasteiger partial charge < -0.3 is 15.2 Å². The van der Waals surface area contributed by atoms with Gasteiger partial charge in [0.05, 0.1) is 29.9 Å². The molecule has 0 saturated heterocycles. The van der Waals surface area contributed by atoms with Gasteiger partial charge in [-0.15, -0.1) is 0 Å². The van der Waals surface area contributed by atoms with Gasteiger partial charge in [-0.1, -0.05) is 6.92 Å². The molecule has 0 heterocycles. The Labute approximate surface area is 108 Å². The van der Waals surface area contributed by atoms with Crippen LogP contribution in [0.5, 0.6) is 0 Å². The standard InChI is InChI=1S/C12H19NO4S/c1-3-18(15,16)12-6-4-10(5-7-12)13-11(8-14)9-17-2/h4-7,11,13-14H,3,8-9H2,1-2H3. The zero-order chi connectivity index (χ0) is 13.6. The third kappa shape index (κ3) is 3.97. The molecule has 102 valence electrons. The number of hydrogen-bond acceptors (Lipinski definition) is 5. The third-order valence-corrected chi connectivity index (χ3v) is 4.30. The van der Waals surface area contributed by atoms with Crippen LogP contribution in [0, 0.1) is 0 Å². The number of ether oxygens (including phenoxy) is 1. The Bertz CT molecular complexity index is 455. The highest BCUT2D eigenvalue weighted by molar-refractivity contribution is 7.91. The fraction of sp³-hybridized carbons (Fsp3) is 0.500. The third-order valence-electron chi connectivity index (χ3n) is 2.55. The van der Waals surface area contributed by atoms with Crippen LogP contribution in [0.25, 0.3) is 0 Å². The summed E-state index contributed by atoms with van der Waals surface area (Å²) in [5.41, 5.74) is 0.751. The molecule has 2 N–H and O–H groups in total. The number of hydrogen-bond donors (Lipinski definition) is 2. The van der Waals surface area contributed by atoms with Crippen LogP contribution < -0.4 is 5.32 Å². The van der Waals surface area contributed by atoms with Crippen molar-refractivity contribution in [1.82, 2.24) is 0 Å². The van der Waals surface area contributed by atoms with E-state index in [0.717, 1.165) is 5.69 Å². The van der Waals surface area contributed by atoms with Crippen LogP contribution >= 0.6 is 0 Å². The number of methoxy groups -OCH3 is 1. The molecule has 0 bridgehead atoms. The van der Waals surface area contributed by atoms with E-state index in [2.05, 4.69) is 5.32 Å². The zero-order valence-corrected chi connectivity index (χ0v) is 11.4. The fourth-order valence-corrected chi connectivity index (χ4v) is 2.39. The van der Waals surface area contributed by atoms with Gasteiger partial charge in [-0.2, -0.15) is 0 Å². The summed E-state index contributed by atoms with van der Waals surface area (Å²) in [4.78, 5) is 0.308. The molecule has 0 aromatic heterocycles. The molecular formula is C12H19NO4S. The van der Waals surface area contributed by atoms with E-state index in [4.69, 9.17) is 9.84 Å². The maximum atomic E-state index is 11.6. The average Bonchev–Trinajstić information content (AvgIpc) is 2.39. The molecule has 0 amide bonds. The van der Waals surface area contributed by atoms with Crippen LogP contribution in [0.4, 0.5) is 5.69 Å². The number of nitrogens with one attached hydrogen (secondary N) is 1. The van der Waals surface area contributed by atoms with Crippen molar-refractivity contribution < 1.29 is 18.3 Å². The van der Waals surface area contributed by atoms with Crippen LogP contribution in [-0.2, 0) is 14.6 Å². The molecule has 0 saturated carbocycles. The van der Waals surface area contributed by atoms with Crippen molar-refractivity contribution in [2.45, 2.75) is 17.9 Å². The highest BCUT2D eigenvalue weighted by atomic mass is 32.2. The summed E-state index contributed by atoms with van der Waals surface area (Å²) in [6.45, 7) is 1.94. The Morgan fingerprint density at radius 3 is 2.39 bits per heavy atom. The monoisotopic (exact) mass is 273 g/mol. The minimum absolute atomic E-state index is 0.0527. The van der Waals surface area contributed by atoms with Crippen LogP contribution in [0.15, 0.2) is 29.2 Å². The van der Waals surface area contributed by atoms with Gasteiger partial charge in [0.2, 0.25) is 0 Å². The van der Waals surface area contributed by atoms with Gasteiger partial charge in [-0.3, -0.25) is 0 Å². The fourth-order valence-electron chi connectivity index (χ4n) is 1.50. The van der Waals surface area contributed by atoms with Gasteiger partial charge >= 0.3 is 0 Å². The lowest BCUT2D eigenvalue weighted by Gasteiger charge is -2.16. The number of anilines is 1. The van der Waals surface area contributed by atoms with E-state index < -0.39 is 9.84 Å². The first-order chi connectivity index (χ1) is 8.53. The molecule has 0 radical (unpaired) electrons. The molecule has 0 aliphatic heterocycles. The van der Waals surface area contributed by atoms with E-state index in [9.17, 15) is 8.42 Å². The number of sulfone groups is 1. The minimum atomic E-state index is -3.16. The van der Waals surface area contributed by atoms with Crippen LogP contribution in [0.2, 0.25) is 0 Å². The first-order valence-corrected chi connectivity index (χ1v) is 7.38. The summed E-state index contributed by atoms with van der Waals surface area (Å²) in [6, 6.07) is 6.27. The molecule has 0 aliphatic rings. The molecule has 6 heteroatoms. The molecule has 1 aromatic carbocycles. The average molecular weight is 273 g/mol. The number of rotatable bonds is 7. The molecule has 1 unspecified atom stereocenters. The number of aliphatic hydroxyl groups excluding tert-OH is 1. The van der Waals surface area contributed by atoms with Gasteiger partial charge in [-0.25, -0.2) is 8.42 Å². The summed E-state index contributed by atoms with van der Waals surface area (Å²) in [5.74, 6) is 0.0860. The Balaban J connectivity index is 2.77. The SMILES string of the molecule is CCS(=O)(=O)c1ccc(NC(CO)COC)cc1. The molecule has 1 atom stereocenters. The van der Waals surface area contributed by atoms with Crippen molar-refractivity contribution in [3.63, 3.8) is 0 Å². The van der Waals surface area contributed by atoms with Gasteiger partial charge in [0.1, 0.15) is 0 Å². The van der Waals surface area contributed by atoms with Crippen molar-refractivity contribution in [2.75, 3.05) is 31.4 Å². The summed E-state index contributed by atoms with van der Waals surface area (Å²) in [5, 5.41) is 12.2. The predicted octanol–water partition coefficient (Wildman–Crippen LogP) is 0.899. The Morgan fingerprint density at radius 1 is 1.33 bits per heavy atom. The summed E-state index contributed by atoms with van der Waals surface area (Å²) in [7, 11) is -1.60. The molecule has 0 aliphatic carbocycles. The van der Waals surface area contributed by atoms with Crippen LogP contribution in [0.3, 0.4) is 0 Å². The summed E-state index contributed by atoms with van der Waals surface area (Å²) < 4.78 is 28.2. The van der Waals surface area contributed by atoms with Crippen LogP contribution in [0.1, 0.15) is 6.92 Å². The largest absolute Gasteiger partial charge is 0.394 e. The lowest BCUT2D eigenvalue weighted by Crippen LogP contribution is -2.28. The van der Waals surface area contributed by atoms with E-state index in [0.29, 0.717) is 11.5 Å². The normalized spacial score (nSPS) is 13.3. The molecule has 5 nitrogen and oxygen atoms in total. The molecule has 0 spiro atoms. The number of benzene rings is 1. The second kappa shape index (κ2) is 6.72. The molecule has 18 heavy (non-hydrogen) atoms. The smallest absolute Gasteiger partial charge is 0.178 e. The summed E-state index contributed by atoms with van der Waals surface area (Å²) in [6.07, 6.45) is 0. The topological polar surface area (TPSA) is 75.6 Å². The minimum Gasteiger partial charge on any atom is -0.394 e. The van der Waals surface area contributed by atoms with E-state index in [1.54, 1.807) is 38.3 Å². The van der Waals surface area contributed by atoms with Gasteiger partial charge in [0.15, 0.2) is 9.84 Å². The Morgan fingerprint density at radius 2 is 1.94 bits per heavy atom. The molecule has 1 aromatic rings. The van der Waals surface area contributed by atoms with Crippen molar-refractivity contribution in [3.05, 3.63) is 24.3 Å². The Hall–Kier alpha value is -1.11. The van der Waals surface area contributed by atoms with Crippen molar-refractivity contribution in [1.29, 1.82) is 0 Å². The van der Waals surface area contributed by atoms with E-state index >= 15 is 0 Å². The van der Waals surface area contributed by atoms with Gasteiger partial charge in [0, 0.05) is 12.8 Å².